The molecule has 1 atom stereocenters. The van der Waals surface area contributed by atoms with E-state index in [-0.39, 0.29) is 11.1 Å². The van der Waals surface area contributed by atoms with Crippen LogP contribution < -0.4 is 10.6 Å². The normalized spacial score (nSPS) is 13.3. The van der Waals surface area contributed by atoms with Crippen molar-refractivity contribution < 1.29 is 29.1 Å². The molecule has 0 heterocycles. The number of carboxylic acids is 1. The van der Waals surface area contributed by atoms with Crippen molar-refractivity contribution in [3.05, 3.63) is 96.1 Å². The zero-order chi connectivity index (χ0) is 21.8. The van der Waals surface area contributed by atoms with E-state index >= 15 is 0 Å². The van der Waals surface area contributed by atoms with E-state index in [1.165, 1.54) is 31.4 Å². The van der Waals surface area contributed by atoms with Crippen LogP contribution in [0.1, 0.15) is 15.9 Å². The lowest BCUT2D eigenvalue weighted by Crippen LogP contribution is -2.42. The molecule has 0 saturated carbocycles. The van der Waals surface area contributed by atoms with E-state index in [4.69, 9.17) is 0 Å². The van der Waals surface area contributed by atoms with Gasteiger partial charge in [-0.3, -0.25) is 0 Å². The summed E-state index contributed by atoms with van der Waals surface area (Å²) in [5, 5.41) is 22.0. The lowest BCUT2D eigenvalue weighted by Gasteiger charge is -2.30. The van der Waals surface area contributed by atoms with Crippen LogP contribution in [0.5, 0.6) is 0 Å². The van der Waals surface area contributed by atoms with Crippen LogP contribution in [-0.4, -0.2) is 35.4 Å². The van der Waals surface area contributed by atoms with Gasteiger partial charge in [-0.2, -0.15) is 0 Å². The van der Waals surface area contributed by atoms with Gasteiger partial charge in [0.05, 0.1) is 18.8 Å². The van der Waals surface area contributed by atoms with Gasteiger partial charge >= 0.3 is 11.9 Å². The number of methoxy groups -OCH3 is 1. The molecule has 1 unspecified atom stereocenters. The predicted molar refractivity (Wildman–Crippen MR) is 114 cm³/mol. The Bertz CT molecular complexity index is 1040. The van der Waals surface area contributed by atoms with Gasteiger partial charge in [-0.05, 0) is 17.7 Å². The molecule has 0 aliphatic carbocycles. The van der Waals surface area contributed by atoms with E-state index in [9.17, 15) is 24.4 Å². The average Bonchev–Trinajstić information content (AvgIpc) is 2.79. The van der Waals surface area contributed by atoms with Crippen molar-refractivity contribution in [2.75, 3.05) is 13.3 Å². The van der Waals surface area contributed by atoms with Gasteiger partial charge in [-0.1, -0.05) is 72.8 Å². The van der Waals surface area contributed by atoms with E-state index in [0.717, 1.165) is 0 Å². The van der Waals surface area contributed by atoms with Crippen molar-refractivity contribution in [2.24, 2.45) is 0 Å². The molecule has 0 aromatic heterocycles. The Balaban J connectivity index is 2.11. The van der Waals surface area contributed by atoms with E-state index < -0.39 is 30.8 Å². The quantitative estimate of drug-likeness (QED) is 0.447. The number of carbonyl (C=O) groups excluding carboxylic acids is 1. The molecule has 0 spiro atoms. The first kappa shape index (κ1) is 21.5. The van der Waals surface area contributed by atoms with Crippen LogP contribution in [0.4, 0.5) is 0 Å². The lowest BCUT2D eigenvalue weighted by molar-refractivity contribution is -0.157. The highest BCUT2D eigenvalue weighted by Gasteiger charge is 2.46. The predicted octanol–water partition coefficient (Wildman–Crippen LogP) is 2.76. The number of carboxylic acid groups (broad SMARTS) is 1. The Morgan fingerprint density at radius 3 is 1.73 bits per heavy atom. The van der Waals surface area contributed by atoms with Gasteiger partial charge in [0.15, 0.2) is 5.60 Å². The zero-order valence-corrected chi connectivity index (χ0v) is 17.2. The maximum Gasteiger partial charge on any atom is 0.340 e. The fraction of sp³-hybridized carbons (Fsp3) is 0.130. The maximum absolute atomic E-state index is 14.2. The number of ether oxygens (including phenoxy) is 1. The Morgan fingerprint density at radius 1 is 0.867 bits per heavy atom. The zero-order valence-electron chi connectivity index (χ0n) is 16.3. The third-order valence-corrected chi connectivity index (χ3v) is 8.10. The van der Waals surface area contributed by atoms with Crippen LogP contribution in [0.3, 0.4) is 0 Å². The highest BCUT2D eigenvalue weighted by atomic mass is 31.2. The minimum Gasteiger partial charge on any atom is -0.479 e. The van der Waals surface area contributed by atoms with Gasteiger partial charge in [0.25, 0.3) is 0 Å². The fourth-order valence-corrected chi connectivity index (χ4v) is 6.21. The third-order valence-electron chi connectivity index (χ3n) is 4.94. The number of aliphatic hydroxyl groups is 1. The summed E-state index contributed by atoms with van der Waals surface area (Å²) < 4.78 is 18.9. The third kappa shape index (κ3) is 4.06. The summed E-state index contributed by atoms with van der Waals surface area (Å²) in [6.45, 7) is 0. The van der Waals surface area contributed by atoms with Crippen molar-refractivity contribution in [1.29, 1.82) is 0 Å². The molecular formula is C23H21O6P. The van der Waals surface area contributed by atoms with E-state index in [0.29, 0.717) is 10.6 Å². The van der Waals surface area contributed by atoms with Crippen LogP contribution in [0.2, 0.25) is 0 Å². The number of carbonyl (C=O) groups is 2. The van der Waals surface area contributed by atoms with Crippen LogP contribution >= 0.6 is 7.14 Å². The highest BCUT2D eigenvalue weighted by Crippen LogP contribution is 2.48. The minimum atomic E-state index is -3.52. The lowest BCUT2D eigenvalue weighted by atomic mass is 9.95. The molecule has 0 fully saturated rings. The van der Waals surface area contributed by atoms with Crippen LogP contribution in [0.25, 0.3) is 0 Å². The summed E-state index contributed by atoms with van der Waals surface area (Å²) in [5.41, 5.74) is -2.20. The molecule has 3 aromatic carbocycles. The van der Waals surface area contributed by atoms with Gasteiger partial charge in [0.2, 0.25) is 0 Å². The van der Waals surface area contributed by atoms with Gasteiger partial charge in [-0.15, -0.1) is 0 Å². The smallest absolute Gasteiger partial charge is 0.340 e. The number of hydrogen-bond donors (Lipinski definition) is 2. The van der Waals surface area contributed by atoms with E-state index in [1.54, 1.807) is 60.7 Å². The average molecular weight is 424 g/mol. The molecule has 6 nitrogen and oxygen atoms in total. The molecular weight excluding hydrogens is 403 g/mol. The highest BCUT2D eigenvalue weighted by molar-refractivity contribution is 7.78. The van der Waals surface area contributed by atoms with Crippen LogP contribution in [0.15, 0.2) is 84.9 Å². The van der Waals surface area contributed by atoms with Crippen LogP contribution in [0, 0.1) is 0 Å². The summed E-state index contributed by atoms with van der Waals surface area (Å²) in [4.78, 5) is 23.8. The number of aliphatic carboxylic acids is 1. The molecule has 30 heavy (non-hydrogen) atoms. The molecule has 3 rings (SSSR count). The maximum atomic E-state index is 14.2. The van der Waals surface area contributed by atoms with Gasteiger partial charge < -0.3 is 19.5 Å². The SMILES string of the molecule is COC(=O)c1ccc(C(O)(CP(=O)(c2ccccc2)c2ccccc2)C(=O)O)cc1. The Morgan fingerprint density at radius 2 is 1.33 bits per heavy atom. The topological polar surface area (TPSA) is 101 Å². The molecule has 0 radical (unpaired) electrons. The molecule has 0 saturated heterocycles. The van der Waals surface area contributed by atoms with E-state index in [2.05, 4.69) is 4.74 Å². The van der Waals surface area contributed by atoms with Crippen molar-refractivity contribution in [3.63, 3.8) is 0 Å². The van der Waals surface area contributed by atoms with Crippen molar-refractivity contribution in [1.82, 2.24) is 0 Å². The summed E-state index contributed by atoms with van der Waals surface area (Å²) in [6.07, 6.45) is -0.541. The molecule has 154 valence electrons. The largest absolute Gasteiger partial charge is 0.479 e. The monoisotopic (exact) mass is 424 g/mol. The fourth-order valence-electron chi connectivity index (χ4n) is 3.27. The first-order valence-corrected chi connectivity index (χ1v) is 11.1. The van der Waals surface area contributed by atoms with Crippen molar-refractivity contribution in [3.8, 4) is 0 Å². The summed E-state index contributed by atoms with van der Waals surface area (Å²) in [6, 6.07) is 22.5. The van der Waals surface area contributed by atoms with E-state index in [1.807, 2.05) is 0 Å². The van der Waals surface area contributed by atoms with Gasteiger partial charge in [0.1, 0.15) is 7.14 Å². The second kappa shape index (κ2) is 8.66. The number of hydrogen-bond acceptors (Lipinski definition) is 5. The van der Waals surface area contributed by atoms with Crippen molar-refractivity contribution in [2.45, 2.75) is 5.60 Å². The molecule has 3 aromatic rings. The Hall–Kier alpha value is -3.21. The molecule has 7 heteroatoms. The Labute approximate surface area is 174 Å². The first-order valence-electron chi connectivity index (χ1n) is 9.16. The van der Waals surface area contributed by atoms with Crippen LogP contribution in [-0.2, 0) is 19.7 Å². The summed E-state index contributed by atoms with van der Waals surface area (Å²) in [7, 11) is -2.29. The number of esters is 1. The second-order valence-electron chi connectivity index (χ2n) is 6.80. The number of rotatable bonds is 7. The van der Waals surface area contributed by atoms with Crippen molar-refractivity contribution >= 4 is 29.7 Å². The molecule has 0 amide bonds. The summed E-state index contributed by atoms with van der Waals surface area (Å²) >= 11 is 0. The minimum absolute atomic E-state index is 0.0229. The molecule has 0 bridgehead atoms. The van der Waals surface area contributed by atoms with Gasteiger partial charge in [0, 0.05) is 10.6 Å². The molecule has 0 aliphatic heterocycles. The molecule has 0 aliphatic rings. The first-order chi connectivity index (χ1) is 14.3. The second-order valence-corrected chi connectivity index (χ2v) is 9.63. The molecule has 2 N–H and O–H groups in total. The number of benzene rings is 3. The standard InChI is InChI=1S/C23H21O6P/c1-29-21(24)17-12-14-18(15-13-17)23(27,22(25)26)16-30(28,19-8-4-2-5-9-19)20-10-6-3-7-11-20/h2-15,27H,16H2,1H3,(H,25,26). The Kier molecular flexibility index (Phi) is 6.20. The van der Waals surface area contributed by atoms with Gasteiger partial charge in [-0.25, -0.2) is 9.59 Å². The summed E-state index contributed by atoms with van der Waals surface area (Å²) in [5.74, 6) is -2.11.